The quantitative estimate of drug-likeness (QED) is 0.167. The van der Waals surface area contributed by atoms with Crippen molar-refractivity contribution >= 4 is 58.7 Å². The van der Waals surface area contributed by atoms with E-state index in [0.717, 1.165) is 50.6 Å². The van der Waals surface area contributed by atoms with E-state index >= 15 is 0 Å². The molecule has 0 aromatic heterocycles. The fourth-order valence-electron chi connectivity index (χ4n) is 19.4. The number of aliphatic carboxylic acids is 4. The molecule has 11 rings (SSSR count). The summed E-state index contributed by atoms with van der Waals surface area (Å²) >= 11 is 0. The van der Waals surface area contributed by atoms with Crippen molar-refractivity contribution in [2.75, 3.05) is 0 Å². The number of carbonyl (C=O) groups excluding carboxylic acids is 6. The SMILES string of the molecule is C[C@]12CC(=O)C3C(CC=C4NC(=O)CC[C@@]43C)C1CCC2C(=O)O.C[C@]12CC(=O)C3C(CCC(=O)[C@]3(C)CCC(=O)O)C1CCC2C(=O)O.C[C@]12CC(=O)C3C(CCC4=CC(=O)CC[C@@]43C)C1CCC2C(=O)O. The maximum absolute atomic E-state index is 13.2. The van der Waals surface area contributed by atoms with Gasteiger partial charge in [0.05, 0.1) is 17.8 Å². The molecule has 0 bridgehead atoms. The number of allylic oxidation sites excluding steroid dienone is 3. The van der Waals surface area contributed by atoms with Crippen molar-refractivity contribution in [1.82, 2.24) is 5.32 Å². The van der Waals surface area contributed by atoms with Crippen LogP contribution in [0.3, 0.4) is 0 Å². The van der Waals surface area contributed by atoms with E-state index in [0.29, 0.717) is 70.1 Å². The average Bonchev–Trinajstić information content (AvgIpc) is 3.97. The first-order valence-electron chi connectivity index (χ1n) is 27.4. The van der Waals surface area contributed by atoms with Gasteiger partial charge in [-0.15, -0.1) is 0 Å². The van der Waals surface area contributed by atoms with Crippen molar-refractivity contribution in [3.63, 3.8) is 0 Å². The van der Waals surface area contributed by atoms with E-state index in [1.807, 2.05) is 20.8 Å². The third-order valence-corrected chi connectivity index (χ3v) is 23.0. The molecule has 12 unspecified atom stereocenters. The lowest BCUT2D eigenvalue weighted by Gasteiger charge is -2.56. The fourth-order valence-corrected chi connectivity index (χ4v) is 19.4. The van der Waals surface area contributed by atoms with Gasteiger partial charge in [0.25, 0.3) is 0 Å². The Bertz CT molecular complexity index is 2510. The maximum Gasteiger partial charge on any atom is 0.307 e. The second kappa shape index (κ2) is 18.5. The van der Waals surface area contributed by atoms with Gasteiger partial charge in [0.15, 0.2) is 5.78 Å². The topological polar surface area (TPSA) is 264 Å². The Labute approximate surface area is 427 Å². The van der Waals surface area contributed by atoms with Gasteiger partial charge >= 0.3 is 23.9 Å². The van der Waals surface area contributed by atoms with E-state index in [9.17, 15) is 63.3 Å². The molecule has 398 valence electrons. The molecule has 1 aliphatic heterocycles. The average molecular weight is 1010 g/mol. The summed E-state index contributed by atoms with van der Waals surface area (Å²) in [6.45, 7) is 12.0. The van der Waals surface area contributed by atoms with Crippen LogP contribution in [0.4, 0.5) is 0 Å². The molecule has 0 aromatic carbocycles. The third-order valence-electron chi connectivity index (χ3n) is 23.0. The van der Waals surface area contributed by atoms with Crippen LogP contribution in [-0.4, -0.2) is 79.1 Å². The molecule has 0 spiro atoms. The van der Waals surface area contributed by atoms with Gasteiger partial charge in [-0.2, -0.15) is 0 Å². The lowest BCUT2D eigenvalue weighted by atomic mass is 9.46. The molecular weight excluding hydrogens is 935 g/mol. The number of rotatable bonds is 6. The van der Waals surface area contributed by atoms with Gasteiger partial charge in [-0.25, -0.2) is 0 Å². The van der Waals surface area contributed by atoms with Gasteiger partial charge < -0.3 is 25.7 Å². The zero-order valence-electron chi connectivity index (χ0n) is 43.6. The highest BCUT2D eigenvalue weighted by atomic mass is 16.4. The Morgan fingerprint density at radius 1 is 0.548 bits per heavy atom. The Kier molecular flexibility index (Phi) is 13.4. The van der Waals surface area contributed by atoms with Crippen LogP contribution in [0.2, 0.25) is 0 Å². The largest absolute Gasteiger partial charge is 0.481 e. The first kappa shape index (κ1) is 53.0. The predicted octanol–water partition coefficient (Wildman–Crippen LogP) is 8.45. The van der Waals surface area contributed by atoms with E-state index in [-0.39, 0.29) is 118 Å². The predicted molar refractivity (Wildman–Crippen MR) is 263 cm³/mol. The van der Waals surface area contributed by atoms with Crippen LogP contribution < -0.4 is 5.32 Å². The summed E-state index contributed by atoms with van der Waals surface area (Å²) in [7, 11) is 0. The van der Waals surface area contributed by atoms with Crippen LogP contribution in [0, 0.1) is 104 Å². The number of amides is 1. The molecule has 18 atom stereocenters. The van der Waals surface area contributed by atoms with Crippen molar-refractivity contribution in [1.29, 1.82) is 0 Å². The van der Waals surface area contributed by atoms with Gasteiger partial charge in [0.1, 0.15) is 23.1 Å². The monoisotopic (exact) mass is 1010 g/mol. The molecule has 1 amide bonds. The van der Waals surface area contributed by atoms with E-state index in [4.69, 9.17) is 5.11 Å². The molecular formula is C58H77NO14. The molecule has 1 saturated heterocycles. The molecule has 1 heterocycles. The second-order valence-corrected chi connectivity index (χ2v) is 26.3. The highest BCUT2D eigenvalue weighted by Gasteiger charge is 2.67. The van der Waals surface area contributed by atoms with Gasteiger partial charge in [0.2, 0.25) is 5.91 Å². The van der Waals surface area contributed by atoms with Gasteiger partial charge in [0, 0.05) is 79.2 Å². The van der Waals surface area contributed by atoms with Gasteiger partial charge in [-0.3, -0.25) is 47.9 Å². The third kappa shape index (κ3) is 8.23. The normalized spacial score (nSPS) is 46.0. The first-order chi connectivity index (χ1) is 34.1. The fraction of sp³-hybridized carbons (Fsp3) is 0.759. The standard InChI is InChI=1S/C20H26O4.C19H25NO4.C19H26O6/c1-19-8-7-12(21)9-11(19)3-4-13-14-5-6-15(18(23)24)20(14,2)10-16(22)17(13)19;1-18-8-7-15(22)20-14(18)6-3-10-11-4-5-12(17(23)24)19(11,2)9-13(21)16(10)18;1-18(8-7-15(22)23)14(21)6-3-10-11-4-5-12(17(24)25)19(11,2)9-13(20)16(10)18/h9,13-15,17H,3-8,10H2,1-2H3,(H,23,24);6,10-12,16H,3-5,7-9H2,1-2H3,(H,20,22)(H,23,24);10-12,16H,3-9H2,1-2H3,(H,22,23)(H,24,25)/t13?,14?,15?,17?,19-,20-;2*10?,11?,12?,16?,18-,19-/m000/s1. The Balaban J connectivity index is 0.000000135. The van der Waals surface area contributed by atoms with Crippen molar-refractivity contribution in [3.8, 4) is 0 Å². The summed E-state index contributed by atoms with van der Waals surface area (Å²) in [4.78, 5) is 122. The summed E-state index contributed by atoms with van der Waals surface area (Å²) in [6, 6.07) is 0. The van der Waals surface area contributed by atoms with Crippen LogP contribution >= 0.6 is 0 Å². The van der Waals surface area contributed by atoms with Gasteiger partial charge in [-0.05, 0) is 147 Å². The molecule has 5 N–H and O–H groups in total. The first-order valence-corrected chi connectivity index (χ1v) is 27.4. The maximum atomic E-state index is 13.2. The van der Waals surface area contributed by atoms with Crippen LogP contribution in [0.1, 0.15) is 170 Å². The number of ketones is 5. The minimum Gasteiger partial charge on any atom is -0.481 e. The molecule has 10 aliphatic carbocycles. The highest BCUT2D eigenvalue weighted by molar-refractivity contribution is 5.96. The number of hydrogen-bond donors (Lipinski definition) is 5. The highest BCUT2D eigenvalue weighted by Crippen LogP contribution is 2.68. The second-order valence-electron chi connectivity index (χ2n) is 26.3. The lowest BCUT2D eigenvalue weighted by Crippen LogP contribution is -2.57. The van der Waals surface area contributed by atoms with Gasteiger partial charge in [-0.1, -0.05) is 53.2 Å². The summed E-state index contributed by atoms with van der Waals surface area (Å²) in [5.41, 5.74) is -0.656. The minimum atomic E-state index is -0.962. The smallest absolute Gasteiger partial charge is 0.307 e. The molecule has 9 fully saturated rings. The van der Waals surface area contributed by atoms with E-state index < -0.39 is 57.9 Å². The molecule has 73 heavy (non-hydrogen) atoms. The number of carbonyl (C=O) groups is 10. The molecule has 0 aromatic rings. The van der Waals surface area contributed by atoms with E-state index in [2.05, 4.69) is 25.2 Å². The van der Waals surface area contributed by atoms with E-state index in [1.165, 1.54) is 5.57 Å². The zero-order valence-corrected chi connectivity index (χ0v) is 43.6. The number of hydrogen-bond acceptors (Lipinski definition) is 10. The Morgan fingerprint density at radius 3 is 1.51 bits per heavy atom. The van der Waals surface area contributed by atoms with Crippen LogP contribution in [0.15, 0.2) is 23.4 Å². The van der Waals surface area contributed by atoms with E-state index in [1.54, 1.807) is 13.0 Å². The number of carboxylic acid groups (broad SMARTS) is 4. The Morgan fingerprint density at radius 2 is 1.00 bits per heavy atom. The number of fused-ring (bicyclic) bond motifs is 13. The van der Waals surface area contributed by atoms with Crippen LogP contribution in [0.25, 0.3) is 0 Å². The number of carboxylic acids is 4. The van der Waals surface area contributed by atoms with Crippen LogP contribution in [0.5, 0.6) is 0 Å². The summed E-state index contributed by atoms with van der Waals surface area (Å²) < 4.78 is 0. The molecule has 15 heteroatoms. The summed E-state index contributed by atoms with van der Waals surface area (Å²) in [6.07, 6.45) is 15.5. The van der Waals surface area contributed by atoms with Crippen molar-refractivity contribution < 1.29 is 68.4 Å². The molecule has 15 nitrogen and oxygen atoms in total. The molecule has 11 aliphatic rings. The Hall–Kier alpha value is -4.82. The molecule has 0 radical (unpaired) electrons. The number of piperidine rings is 1. The summed E-state index contributed by atoms with van der Waals surface area (Å²) in [5, 5.41) is 40.8. The van der Waals surface area contributed by atoms with Crippen molar-refractivity contribution in [2.45, 2.75) is 170 Å². The van der Waals surface area contributed by atoms with Crippen LogP contribution in [-0.2, 0) is 47.9 Å². The van der Waals surface area contributed by atoms with Crippen molar-refractivity contribution in [3.05, 3.63) is 23.4 Å². The number of Topliss-reactive ketones (excluding diaryl/α,β-unsaturated/α-hetero) is 4. The van der Waals surface area contributed by atoms with Crippen molar-refractivity contribution in [2.24, 2.45) is 104 Å². The molecule has 8 saturated carbocycles. The minimum absolute atomic E-state index is 0.00732. The zero-order chi connectivity index (χ0) is 53.1. The summed E-state index contributed by atoms with van der Waals surface area (Å²) in [5.74, 6) is -3.29. The lowest BCUT2D eigenvalue weighted by molar-refractivity contribution is -0.164. The number of nitrogens with one attached hydrogen (secondary N) is 1.